The van der Waals surface area contributed by atoms with Gasteiger partial charge in [-0.25, -0.2) is 4.98 Å². The summed E-state index contributed by atoms with van der Waals surface area (Å²) in [5, 5.41) is 0. The zero-order valence-corrected chi connectivity index (χ0v) is 14.9. The number of carbonyl (C=O) groups excluding carboxylic acids is 1. The van der Waals surface area contributed by atoms with Crippen LogP contribution in [0.3, 0.4) is 0 Å². The Morgan fingerprint density at radius 1 is 1.12 bits per heavy atom. The monoisotopic (exact) mass is 341 g/mol. The van der Waals surface area contributed by atoms with Crippen molar-refractivity contribution in [2.24, 2.45) is 0 Å². The number of aryl methyl sites for hydroxylation is 2. The second kappa shape index (κ2) is 7.51. The smallest absolute Gasteiger partial charge is 0.253 e. The van der Waals surface area contributed by atoms with Crippen LogP contribution in [0.1, 0.15) is 34.7 Å². The van der Waals surface area contributed by atoms with Crippen molar-refractivity contribution < 1.29 is 14.3 Å². The lowest BCUT2D eigenvalue weighted by Crippen LogP contribution is -2.41. The van der Waals surface area contributed by atoms with E-state index in [0.717, 1.165) is 24.3 Å². The molecule has 2 aromatic rings. The number of benzene rings is 1. The molecule has 1 aromatic carbocycles. The predicted molar refractivity (Wildman–Crippen MR) is 94.1 cm³/mol. The van der Waals surface area contributed by atoms with Gasteiger partial charge >= 0.3 is 0 Å². The number of ether oxygens (including phenoxy) is 2. The van der Waals surface area contributed by atoms with Crippen molar-refractivity contribution in [3.05, 3.63) is 47.4 Å². The van der Waals surface area contributed by atoms with Crippen LogP contribution in [0.4, 0.5) is 0 Å². The van der Waals surface area contributed by atoms with Gasteiger partial charge in [-0.15, -0.1) is 0 Å². The summed E-state index contributed by atoms with van der Waals surface area (Å²) in [6.07, 6.45) is 1.67. The first-order valence-electron chi connectivity index (χ1n) is 8.47. The van der Waals surface area contributed by atoms with E-state index in [0.29, 0.717) is 30.4 Å². The summed E-state index contributed by atoms with van der Waals surface area (Å²) in [4.78, 5) is 23.0. The third kappa shape index (κ3) is 4.26. The second-order valence-corrected chi connectivity index (χ2v) is 6.23. The fourth-order valence-electron chi connectivity index (χ4n) is 3.01. The minimum Gasteiger partial charge on any atom is -0.497 e. The maximum absolute atomic E-state index is 12.6. The van der Waals surface area contributed by atoms with E-state index in [1.54, 1.807) is 19.2 Å². The zero-order valence-electron chi connectivity index (χ0n) is 14.9. The summed E-state index contributed by atoms with van der Waals surface area (Å²) in [5.41, 5.74) is 1.58. The highest BCUT2D eigenvalue weighted by Crippen LogP contribution is 2.20. The van der Waals surface area contributed by atoms with E-state index in [1.807, 2.05) is 36.9 Å². The van der Waals surface area contributed by atoms with Crippen LogP contribution in [0, 0.1) is 13.8 Å². The first-order chi connectivity index (χ1) is 12.0. The maximum Gasteiger partial charge on any atom is 0.253 e. The largest absolute Gasteiger partial charge is 0.497 e. The highest BCUT2D eigenvalue weighted by Gasteiger charge is 2.25. The van der Waals surface area contributed by atoms with Gasteiger partial charge in [-0.3, -0.25) is 4.79 Å². The van der Waals surface area contributed by atoms with Crippen LogP contribution in [0.25, 0.3) is 0 Å². The van der Waals surface area contributed by atoms with E-state index in [-0.39, 0.29) is 12.0 Å². The van der Waals surface area contributed by atoms with E-state index in [9.17, 15) is 4.79 Å². The van der Waals surface area contributed by atoms with Gasteiger partial charge in [0.1, 0.15) is 17.7 Å². The lowest BCUT2D eigenvalue weighted by molar-refractivity contribution is 0.0587. The molecule has 2 heterocycles. The van der Waals surface area contributed by atoms with Gasteiger partial charge in [-0.05, 0) is 38.1 Å². The Morgan fingerprint density at radius 3 is 2.40 bits per heavy atom. The molecular weight excluding hydrogens is 318 g/mol. The first-order valence-corrected chi connectivity index (χ1v) is 8.47. The summed E-state index contributed by atoms with van der Waals surface area (Å²) in [7, 11) is 1.61. The molecule has 0 spiro atoms. The van der Waals surface area contributed by atoms with Gasteiger partial charge in [0.05, 0.1) is 7.11 Å². The highest BCUT2D eigenvalue weighted by atomic mass is 16.5. The van der Waals surface area contributed by atoms with Gasteiger partial charge in [0.15, 0.2) is 0 Å². The van der Waals surface area contributed by atoms with Crippen LogP contribution in [-0.4, -0.2) is 47.1 Å². The number of aromatic nitrogens is 2. The van der Waals surface area contributed by atoms with Gasteiger partial charge in [0.2, 0.25) is 5.88 Å². The molecule has 1 aliphatic heterocycles. The van der Waals surface area contributed by atoms with Gasteiger partial charge in [-0.1, -0.05) is 0 Å². The fraction of sp³-hybridized carbons (Fsp3) is 0.421. The van der Waals surface area contributed by atoms with Crippen LogP contribution in [-0.2, 0) is 0 Å². The van der Waals surface area contributed by atoms with Crippen molar-refractivity contribution >= 4 is 5.91 Å². The molecule has 0 saturated carbocycles. The molecule has 1 fully saturated rings. The molecule has 0 aliphatic carbocycles. The Morgan fingerprint density at radius 2 is 1.80 bits per heavy atom. The quantitative estimate of drug-likeness (QED) is 0.855. The second-order valence-electron chi connectivity index (χ2n) is 6.23. The molecule has 0 unspecified atom stereocenters. The molecule has 25 heavy (non-hydrogen) atoms. The molecule has 1 saturated heterocycles. The minimum atomic E-state index is 0.0508. The number of nitrogens with zero attached hydrogens (tertiary/aromatic N) is 3. The third-order valence-corrected chi connectivity index (χ3v) is 4.30. The molecule has 6 nitrogen and oxygen atoms in total. The van der Waals surface area contributed by atoms with E-state index in [1.165, 1.54) is 0 Å². The Kier molecular flexibility index (Phi) is 5.16. The number of amides is 1. The SMILES string of the molecule is COc1ccc(C(=O)N2CCC(Oc3cc(C)nc(C)n3)CC2)cc1. The zero-order chi connectivity index (χ0) is 17.8. The fourth-order valence-corrected chi connectivity index (χ4v) is 3.01. The van der Waals surface area contributed by atoms with Gasteiger partial charge in [-0.2, -0.15) is 4.98 Å². The average Bonchev–Trinajstić information content (AvgIpc) is 2.61. The molecule has 3 rings (SSSR count). The molecule has 1 aliphatic rings. The minimum absolute atomic E-state index is 0.0508. The summed E-state index contributed by atoms with van der Waals surface area (Å²) in [5.74, 6) is 2.13. The maximum atomic E-state index is 12.6. The van der Waals surface area contributed by atoms with E-state index in [4.69, 9.17) is 9.47 Å². The molecule has 0 N–H and O–H groups in total. The van der Waals surface area contributed by atoms with Crippen molar-refractivity contribution in [2.75, 3.05) is 20.2 Å². The van der Waals surface area contributed by atoms with Crippen molar-refractivity contribution in [2.45, 2.75) is 32.8 Å². The number of likely N-dealkylation sites (tertiary alicyclic amines) is 1. The summed E-state index contributed by atoms with van der Waals surface area (Å²) in [6, 6.07) is 9.07. The van der Waals surface area contributed by atoms with E-state index < -0.39 is 0 Å². The summed E-state index contributed by atoms with van der Waals surface area (Å²) >= 11 is 0. The number of methoxy groups -OCH3 is 1. The Balaban J connectivity index is 1.56. The van der Waals surface area contributed by atoms with E-state index in [2.05, 4.69) is 9.97 Å². The van der Waals surface area contributed by atoms with Crippen LogP contribution in [0.15, 0.2) is 30.3 Å². The Labute approximate surface area is 147 Å². The number of rotatable bonds is 4. The molecule has 132 valence electrons. The standard InChI is InChI=1S/C19H23N3O3/c1-13-12-18(21-14(2)20-13)25-17-8-10-22(11-9-17)19(23)15-4-6-16(24-3)7-5-15/h4-7,12,17H,8-11H2,1-3H3. The Bertz CT molecular complexity index is 718. The number of hydrogen-bond donors (Lipinski definition) is 0. The van der Waals surface area contributed by atoms with Crippen molar-refractivity contribution in [1.29, 1.82) is 0 Å². The van der Waals surface area contributed by atoms with Gasteiger partial charge < -0.3 is 14.4 Å². The molecule has 6 heteroatoms. The van der Waals surface area contributed by atoms with Crippen LogP contribution in [0.5, 0.6) is 11.6 Å². The predicted octanol–water partition coefficient (Wildman–Crippen LogP) is 2.79. The molecule has 0 atom stereocenters. The number of piperidine rings is 1. The van der Waals surface area contributed by atoms with Crippen molar-refractivity contribution in [1.82, 2.24) is 14.9 Å². The molecule has 1 aromatic heterocycles. The number of carbonyl (C=O) groups is 1. The lowest BCUT2D eigenvalue weighted by Gasteiger charge is -2.32. The van der Waals surface area contributed by atoms with Gasteiger partial charge in [0.25, 0.3) is 5.91 Å². The first kappa shape index (κ1) is 17.2. The lowest BCUT2D eigenvalue weighted by atomic mass is 10.1. The third-order valence-electron chi connectivity index (χ3n) is 4.30. The van der Waals surface area contributed by atoms with Crippen LogP contribution < -0.4 is 9.47 Å². The van der Waals surface area contributed by atoms with Crippen LogP contribution >= 0.6 is 0 Å². The Hall–Kier alpha value is -2.63. The summed E-state index contributed by atoms with van der Waals surface area (Å²) < 4.78 is 11.1. The van der Waals surface area contributed by atoms with E-state index >= 15 is 0 Å². The normalized spacial score (nSPS) is 15.1. The molecule has 0 radical (unpaired) electrons. The highest BCUT2D eigenvalue weighted by molar-refractivity contribution is 5.94. The molecule has 1 amide bonds. The molecular formula is C19H23N3O3. The molecule has 0 bridgehead atoms. The number of hydrogen-bond acceptors (Lipinski definition) is 5. The van der Waals surface area contributed by atoms with Crippen molar-refractivity contribution in [3.63, 3.8) is 0 Å². The topological polar surface area (TPSA) is 64.5 Å². The van der Waals surface area contributed by atoms with Crippen molar-refractivity contribution in [3.8, 4) is 11.6 Å². The van der Waals surface area contributed by atoms with Crippen LogP contribution in [0.2, 0.25) is 0 Å². The summed E-state index contributed by atoms with van der Waals surface area (Å²) in [6.45, 7) is 5.14. The van der Waals surface area contributed by atoms with Gasteiger partial charge in [0, 0.05) is 43.3 Å². The average molecular weight is 341 g/mol.